The summed E-state index contributed by atoms with van der Waals surface area (Å²) in [6, 6.07) is 9.17. The van der Waals surface area contributed by atoms with Crippen LogP contribution in [0.3, 0.4) is 0 Å². The smallest absolute Gasteiger partial charge is 0.377 e. The van der Waals surface area contributed by atoms with Crippen molar-refractivity contribution in [3.8, 4) is 11.8 Å². The van der Waals surface area contributed by atoms with E-state index in [9.17, 15) is 27.1 Å². The van der Waals surface area contributed by atoms with Gasteiger partial charge < -0.3 is 5.11 Å². The predicted octanol–water partition coefficient (Wildman–Crippen LogP) is 4.53. The summed E-state index contributed by atoms with van der Waals surface area (Å²) in [6.45, 7) is -0.997. The van der Waals surface area contributed by atoms with Crippen molar-refractivity contribution in [3.05, 3.63) is 107 Å². The third-order valence-corrected chi connectivity index (χ3v) is 5.47. The van der Waals surface area contributed by atoms with Crippen LogP contribution in [-0.2, 0) is 24.5 Å². The molecule has 196 valence electrons. The second kappa shape index (κ2) is 10.2. The van der Waals surface area contributed by atoms with E-state index in [2.05, 4.69) is 32.4 Å². The monoisotopic (exact) mass is 535 g/mol. The molecule has 0 amide bonds. The summed E-state index contributed by atoms with van der Waals surface area (Å²) in [6.07, 6.45) is -3.50. The molecular formula is C25H16F7N5O. The standard InChI is InChI=1S/C25H16F7N5O/c26-19-8-9-20(21(27)11-19)23(38,14-37-15-34-35-36-37)25(31,32)22-10-7-18(13-33-22)6-3-16-1-4-17(5-2-16)12-24(28,29)30/h1-2,4-5,7-11,13,15,38H,12,14H2. The molecule has 0 spiro atoms. The number of hydrogen-bond acceptors (Lipinski definition) is 5. The first-order valence-corrected chi connectivity index (χ1v) is 10.8. The second-order valence-corrected chi connectivity index (χ2v) is 8.24. The molecule has 1 N–H and O–H groups in total. The van der Waals surface area contributed by atoms with Crippen LogP contribution >= 0.6 is 0 Å². The second-order valence-electron chi connectivity index (χ2n) is 8.24. The van der Waals surface area contributed by atoms with E-state index in [1.165, 1.54) is 30.3 Å². The Balaban J connectivity index is 1.62. The van der Waals surface area contributed by atoms with Crippen molar-refractivity contribution in [2.45, 2.75) is 30.7 Å². The molecule has 13 heteroatoms. The molecule has 4 aromatic rings. The molecule has 0 radical (unpaired) electrons. The fraction of sp³-hybridized carbons (Fsp3) is 0.200. The van der Waals surface area contributed by atoms with Gasteiger partial charge >= 0.3 is 12.1 Å². The maximum atomic E-state index is 15.7. The zero-order valence-electron chi connectivity index (χ0n) is 19.1. The van der Waals surface area contributed by atoms with Crippen molar-refractivity contribution in [2.75, 3.05) is 0 Å². The highest BCUT2D eigenvalue weighted by Gasteiger charge is 2.58. The van der Waals surface area contributed by atoms with Gasteiger partial charge in [0.15, 0.2) is 5.60 Å². The molecule has 0 aliphatic heterocycles. The van der Waals surface area contributed by atoms with Gasteiger partial charge in [-0.25, -0.2) is 13.5 Å². The van der Waals surface area contributed by atoms with Gasteiger partial charge in [-0.3, -0.25) is 4.98 Å². The molecule has 2 aromatic carbocycles. The average Bonchev–Trinajstić information content (AvgIpc) is 3.35. The molecule has 0 saturated heterocycles. The Kier molecular flexibility index (Phi) is 7.19. The van der Waals surface area contributed by atoms with Crippen molar-refractivity contribution < 1.29 is 35.8 Å². The van der Waals surface area contributed by atoms with E-state index in [1.807, 2.05) is 0 Å². The fourth-order valence-corrected chi connectivity index (χ4v) is 3.61. The van der Waals surface area contributed by atoms with Crippen LogP contribution in [0.25, 0.3) is 0 Å². The number of nitrogens with zero attached hydrogens (tertiary/aromatic N) is 5. The average molecular weight is 535 g/mol. The van der Waals surface area contributed by atoms with Crippen LogP contribution in [0.2, 0.25) is 0 Å². The molecular weight excluding hydrogens is 519 g/mol. The summed E-state index contributed by atoms with van der Waals surface area (Å²) in [5.41, 5.74) is -4.51. The molecule has 2 heterocycles. The Hall–Kier alpha value is -4.31. The van der Waals surface area contributed by atoms with E-state index in [4.69, 9.17) is 0 Å². The lowest BCUT2D eigenvalue weighted by molar-refractivity contribution is -0.207. The van der Waals surface area contributed by atoms with Crippen LogP contribution in [0.5, 0.6) is 0 Å². The Morgan fingerprint density at radius 1 is 0.868 bits per heavy atom. The van der Waals surface area contributed by atoms with Crippen LogP contribution in [-0.4, -0.2) is 36.5 Å². The van der Waals surface area contributed by atoms with E-state index in [0.717, 1.165) is 29.3 Å². The molecule has 0 bridgehead atoms. The Morgan fingerprint density at radius 3 is 2.13 bits per heavy atom. The highest BCUT2D eigenvalue weighted by molar-refractivity contribution is 5.43. The van der Waals surface area contributed by atoms with Crippen molar-refractivity contribution >= 4 is 0 Å². The SMILES string of the molecule is OC(Cn1cnnn1)(c1ccc(F)cc1F)C(F)(F)c1ccc(C#Cc2ccc(CC(F)(F)F)cc2)cn1. The number of tetrazole rings is 1. The fourth-order valence-electron chi connectivity index (χ4n) is 3.61. The van der Waals surface area contributed by atoms with Gasteiger partial charge in [-0.2, -0.15) is 22.0 Å². The zero-order chi connectivity index (χ0) is 27.6. The van der Waals surface area contributed by atoms with Gasteiger partial charge in [0.05, 0.1) is 13.0 Å². The Morgan fingerprint density at radius 2 is 1.55 bits per heavy atom. The van der Waals surface area contributed by atoms with E-state index in [1.54, 1.807) is 0 Å². The van der Waals surface area contributed by atoms with Gasteiger partial charge in [-0.1, -0.05) is 24.0 Å². The lowest BCUT2D eigenvalue weighted by Gasteiger charge is -2.35. The maximum Gasteiger partial charge on any atom is 0.393 e. The van der Waals surface area contributed by atoms with Gasteiger partial charge in [-0.05, 0) is 52.4 Å². The summed E-state index contributed by atoms with van der Waals surface area (Å²) in [5, 5.41) is 21.2. The normalized spacial score (nSPS) is 13.5. The van der Waals surface area contributed by atoms with Crippen LogP contribution in [0.4, 0.5) is 30.7 Å². The summed E-state index contributed by atoms with van der Waals surface area (Å²) in [5.74, 6) is -1.33. The number of rotatable bonds is 6. The Labute approximate surface area is 210 Å². The van der Waals surface area contributed by atoms with Gasteiger partial charge in [0.2, 0.25) is 0 Å². The molecule has 0 saturated carbocycles. The number of pyridine rings is 1. The number of benzene rings is 2. The third kappa shape index (κ3) is 5.81. The Bertz CT molecular complexity index is 1460. The molecule has 0 fully saturated rings. The lowest BCUT2D eigenvalue weighted by atomic mass is 9.84. The largest absolute Gasteiger partial charge is 0.393 e. The van der Waals surface area contributed by atoms with Crippen LogP contribution in [0.1, 0.15) is 27.9 Å². The zero-order valence-corrected chi connectivity index (χ0v) is 19.1. The quantitative estimate of drug-likeness (QED) is 0.290. The molecule has 4 rings (SSSR count). The molecule has 1 atom stereocenters. The number of hydrogen-bond donors (Lipinski definition) is 1. The van der Waals surface area contributed by atoms with Crippen molar-refractivity contribution in [1.82, 2.24) is 25.2 Å². The van der Waals surface area contributed by atoms with Crippen molar-refractivity contribution in [1.29, 1.82) is 0 Å². The first kappa shape index (κ1) is 26.7. The lowest BCUT2D eigenvalue weighted by Crippen LogP contribution is -2.48. The van der Waals surface area contributed by atoms with Gasteiger partial charge in [0.25, 0.3) is 0 Å². The summed E-state index contributed by atoms with van der Waals surface area (Å²) >= 11 is 0. The highest BCUT2D eigenvalue weighted by atomic mass is 19.4. The molecule has 0 aliphatic rings. The topological polar surface area (TPSA) is 76.7 Å². The van der Waals surface area contributed by atoms with Crippen LogP contribution in [0, 0.1) is 23.5 Å². The van der Waals surface area contributed by atoms with E-state index in [0.29, 0.717) is 17.7 Å². The molecule has 1 unspecified atom stereocenters. The minimum Gasteiger partial charge on any atom is -0.377 e. The maximum absolute atomic E-state index is 15.7. The van der Waals surface area contributed by atoms with E-state index in [-0.39, 0.29) is 11.1 Å². The number of alkyl halides is 5. The van der Waals surface area contributed by atoms with Gasteiger partial charge in [0.1, 0.15) is 23.7 Å². The van der Waals surface area contributed by atoms with E-state index >= 15 is 8.78 Å². The minimum absolute atomic E-state index is 0.0584. The summed E-state index contributed by atoms with van der Waals surface area (Å²) in [7, 11) is 0. The summed E-state index contributed by atoms with van der Waals surface area (Å²) < 4.78 is 97.7. The molecule has 0 aliphatic carbocycles. The first-order chi connectivity index (χ1) is 17.9. The van der Waals surface area contributed by atoms with E-state index < -0.39 is 53.6 Å². The van der Waals surface area contributed by atoms with Crippen LogP contribution in [0.15, 0.2) is 67.1 Å². The van der Waals surface area contributed by atoms with Crippen LogP contribution < -0.4 is 0 Å². The molecule has 6 nitrogen and oxygen atoms in total. The van der Waals surface area contributed by atoms with Crippen molar-refractivity contribution in [3.63, 3.8) is 0 Å². The molecule has 2 aromatic heterocycles. The third-order valence-electron chi connectivity index (χ3n) is 5.47. The summed E-state index contributed by atoms with van der Waals surface area (Å²) in [4.78, 5) is 3.69. The number of aromatic nitrogens is 5. The minimum atomic E-state index is -4.34. The molecule has 38 heavy (non-hydrogen) atoms. The van der Waals surface area contributed by atoms with Gasteiger partial charge in [-0.15, -0.1) is 5.10 Å². The first-order valence-electron chi connectivity index (χ1n) is 10.8. The highest BCUT2D eigenvalue weighted by Crippen LogP contribution is 2.46. The van der Waals surface area contributed by atoms with Crippen molar-refractivity contribution in [2.24, 2.45) is 0 Å². The number of aliphatic hydroxyl groups is 1. The van der Waals surface area contributed by atoms with Gasteiger partial charge in [0, 0.05) is 29.0 Å². The number of halogens is 7. The predicted molar refractivity (Wildman–Crippen MR) is 118 cm³/mol.